The predicted octanol–water partition coefficient (Wildman–Crippen LogP) is 16.6. The van der Waals surface area contributed by atoms with Gasteiger partial charge >= 0.3 is 0 Å². The standard InChI is InChI=1S/C64H38N6S/c65-39-47-38-46(64-67-62(44-30-26-42(27-31-44)40-14-3-1-4-15-40)66-63(68-64)45-32-28-43(29-33-45)41-16-5-2-6-17-41)34-36-53(47)70-54-22-10-7-18-48(54)50-35-37-56-59(60(50)70)52-20-8-11-23-55(52)69(56)57-24-13-21-51-49-19-9-12-25-58(49)71-61(51)57/h1-38H. The molecule has 0 saturated heterocycles. The third-order valence-corrected chi connectivity index (χ3v) is 15.1. The van der Waals surface area contributed by atoms with Crippen molar-refractivity contribution in [2.75, 3.05) is 0 Å². The van der Waals surface area contributed by atoms with Gasteiger partial charge in [0.05, 0.1) is 43.7 Å². The average molecular weight is 923 g/mol. The van der Waals surface area contributed by atoms with Crippen molar-refractivity contribution < 1.29 is 0 Å². The molecule has 0 amide bonds. The Morgan fingerprint density at radius 1 is 0.352 bits per heavy atom. The Morgan fingerprint density at radius 3 is 1.51 bits per heavy atom. The molecular weight excluding hydrogens is 885 g/mol. The average Bonchev–Trinajstić information content (AvgIpc) is 4.12. The van der Waals surface area contributed by atoms with Crippen molar-refractivity contribution in [3.63, 3.8) is 0 Å². The van der Waals surface area contributed by atoms with Crippen LogP contribution in [0.1, 0.15) is 5.56 Å². The second-order valence-corrected chi connectivity index (χ2v) is 18.9. The van der Waals surface area contributed by atoms with Crippen LogP contribution < -0.4 is 0 Å². The summed E-state index contributed by atoms with van der Waals surface area (Å²) in [6.45, 7) is 0. The maximum Gasteiger partial charge on any atom is 0.164 e. The number of thiophene rings is 1. The first-order chi connectivity index (χ1) is 35.2. The first kappa shape index (κ1) is 40.6. The quantitative estimate of drug-likeness (QED) is 0.160. The van der Waals surface area contributed by atoms with Crippen LogP contribution >= 0.6 is 11.3 Å². The SMILES string of the molecule is N#Cc1cc(-c2nc(-c3ccc(-c4ccccc4)cc3)nc(-c3ccc(-c4ccccc4)cc3)n2)ccc1-n1c2ccccc2c2ccc3c(c4ccccc4n3-c3cccc4c3sc3ccccc34)c21. The van der Waals surface area contributed by atoms with Crippen molar-refractivity contribution in [3.8, 4) is 73.9 Å². The number of nitriles is 1. The van der Waals surface area contributed by atoms with E-state index in [1.807, 2.05) is 59.9 Å². The van der Waals surface area contributed by atoms with E-state index in [1.54, 1.807) is 0 Å². The van der Waals surface area contributed by atoms with Crippen molar-refractivity contribution in [1.29, 1.82) is 5.26 Å². The molecule has 14 rings (SSSR count). The normalized spacial score (nSPS) is 11.6. The molecule has 10 aromatic carbocycles. The molecule has 0 N–H and O–H groups in total. The summed E-state index contributed by atoms with van der Waals surface area (Å²) in [4.78, 5) is 15.4. The van der Waals surface area contributed by atoms with E-state index in [0.29, 0.717) is 23.0 Å². The second kappa shape index (κ2) is 16.3. The van der Waals surface area contributed by atoms with E-state index in [2.05, 4.69) is 197 Å². The summed E-state index contributed by atoms with van der Waals surface area (Å²) in [5.74, 6) is 1.58. The van der Waals surface area contributed by atoms with Crippen LogP contribution in [-0.2, 0) is 0 Å². The van der Waals surface area contributed by atoms with Crippen molar-refractivity contribution >= 4 is 75.1 Å². The molecule has 4 heterocycles. The van der Waals surface area contributed by atoms with E-state index in [9.17, 15) is 5.26 Å². The topological polar surface area (TPSA) is 72.3 Å². The molecule has 330 valence electrons. The summed E-state index contributed by atoms with van der Waals surface area (Å²) in [7, 11) is 0. The minimum atomic E-state index is 0.482. The Morgan fingerprint density at radius 2 is 0.859 bits per heavy atom. The van der Waals surface area contributed by atoms with E-state index in [0.717, 1.165) is 93.9 Å². The molecule has 0 bridgehead atoms. The van der Waals surface area contributed by atoms with Gasteiger partial charge in [0.25, 0.3) is 0 Å². The lowest BCUT2D eigenvalue weighted by molar-refractivity contribution is 1.07. The molecule has 0 saturated carbocycles. The van der Waals surface area contributed by atoms with Crippen LogP contribution in [0.5, 0.6) is 0 Å². The molecule has 71 heavy (non-hydrogen) atoms. The van der Waals surface area contributed by atoms with Crippen LogP contribution in [0.3, 0.4) is 0 Å². The van der Waals surface area contributed by atoms with E-state index in [1.165, 1.54) is 20.2 Å². The highest BCUT2D eigenvalue weighted by Gasteiger charge is 2.24. The van der Waals surface area contributed by atoms with Crippen molar-refractivity contribution in [1.82, 2.24) is 24.1 Å². The molecule has 0 aliphatic heterocycles. The number of benzene rings is 10. The molecule has 0 unspecified atom stereocenters. The Bertz CT molecular complexity index is 4350. The van der Waals surface area contributed by atoms with Crippen molar-refractivity contribution in [3.05, 3.63) is 236 Å². The number of rotatable bonds is 7. The molecule has 0 fully saturated rings. The fourth-order valence-electron chi connectivity index (χ4n) is 10.5. The maximum atomic E-state index is 11.2. The van der Waals surface area contributed by atoms with Gasteiger partial charge in [0.15, 0.2) is 17.5 Å². The Labute approximate surface area is 412 Å². The van der Waals surface area contributed by atoms with E-state index in [-0.39, 0.29) is 0 Å². The molecule has 7 heteroatoms. The third kappa shape index (κ3) is 6.58. The maximum absolute atomic E-state index is 11.2. The van der Waals surface area contributed by atoms with Gasteiger partial charge in [-0.1, -0.05) is 182 Å². The lowest BCUT2D eigenvalue weighted by Crippen LogP contribution is -2.02. The van der Waals surface area contributed by atoms with Crippen LogP contribution in [0, 0.1) is 11.3 Å². The Hall–Kier alpha value is -9.48. The summed E-state index contributed by atoms with van der Waals surface area (Å²) in [6.07, 6.45) is 0. The fourth-order valence-corrected chi connectivity index (χ4v) is 11.7. The third-order valence-electron chi connectivity index (χ3n) is 13.8. The predicted molar refractivity (Wildman–Crippen MR) is 293 cm³/mol. The zero-order valence-corrected chi connectivity index (χ0v) is 38.8. The zero-order chi connectivity index (χ0) is 47.0. The first-order valence-corrected chi connectivity index (χ1v) is 24.5. The molecule has 6 nitrogen and oxygen atoms in total. The number of para-hydroxylation sites is 2. The molecular formula is C64H38N6S. The highest BCUT2D eigenvalue weighted by Crippen LogP contribution is 2.45. The molecule has 0 spiro atoms. The highest BCUT2D eigenvalue weighted by atomic mass is 32.1. The van der Waals surface area contributed by atoms with Gasteiger partial charge < -0.3 is 9.13 Å². The lowest BCUT2D eigenvalue weighted by atomic mass is 10.0. The summed E-state index contributed by atoms with van der Waals surface area (Å²) in [5.41, 5.74) is 13.7. The molecule has 0 aliphatic rings. The van der Waals surface area contributed by atoms with Gasteiger partial charge in [0.2, 0.25) is 0 Å². The van der Waals surface area contributed by atoms with E-state index >= 15 is 0 Å². The van der Waals surface area contributed by atoms with E-state index < -0.39 is 0 Å². The number of hydrogen-bond donors (Lipinski definition) is 0. The minimum Gasteiger partial charge on any atom is -0.308 e. The summed E-state index contributed by atoms with van der Waals surface area (Å²) in [6, 6.07) is 83.1. The van der Waals surface area contributed by atoms with Crippen molar-refractivity contribution in [2.45, 2.75) is 0 Å². The van der Waals surface area contributed by atoms with Gasteiger partial charge in [-0.2, -0.15) is 5.26 Å². The van der Waals surface area contributed by atoms with Crippen LogP contribution in [0.25, 0.3) is 132 Å². The number of fused-ring (bicyclic) bond motifs is 10. The largest absolute Gasteiger partial charge is 0.308 e. The minimum absolute atomic E-state index is 0.482. The van der Waals surface area contributed by atoms with Gasteiger partial charge in [-0.05, 0) is 70.8 Å². The highest BCUT2D eigenvalue weighted by molar-refractivity contribution is 7.26. The van der Waals surface area contributed by atoms with Gasteiger partial charge in [0.1, 0.15) is 6.07 Å². The number of nitrogens with zero attached hydrogens (tertiary/aromatic N) is 6. The Kier molecular flexibility index (Phi) is 9.34. The summed E-state index contributed by atoms with van der Waals surface area (Å²) in [5, 5.41) is 18.2. The lowest BCUT2D eigenvalue weighted by Gasteiger charge is -2.13. The van der Waals surface area contributed by atoms with Crippen LogP contribution in [-0.4, -0.2) is 24.1 Å². The molecule has 4 aromatic heterocycles. The summed E-state index contributed by atoms with van der Waals surface area (Å²) >= 11 is 1.84. The van der Waals surface area contributed by atoms with E-state index in [4.69, 9.17) is 15.0 Å². The monoisotopic (exact) mass is 922 g/mol. The summed E-state index contributed by atoms with van der Waals surface area (Å²) < 4.78 is 7.24. The van der Waals surface area contributed by atoms with Gasteiger partial charge in [0, 0.05) is 53.7 Å². The zero-order valence-electron chi connectivity index (χ0n) is 38.0. The van der Waals surface area contributed by atoms with Gasteiger partial charge in [-0.3, -0.25) is 0 Å². The molecule has 0 atom stereocenters. The van der Waals surface area contributed by atoms with Crippen molar-refractivity contribution in [2.24, 2.45) is 0 Å². The van der Waals surface area contributed by atoms with Gasteiger partial charge in [-0.15, -0.1) is 11.3 Å². The van der Waals surface area contributed by atoms with Crippen LogP contribution in [0.2, 0.25) is 0 Å². The second-order valence-electron chi connectivity index (χ2n) is 17.8. The first-order valence-electron chi connectivity index (χ1n) is 23.7. The number of hydrogen-bond acceptors (Lipinski definition) is 5. The smallest absolute Gasteiger partial charge is 0.164 e. The van der Waals surface area contributed by atoms with Gasteiger partial charge in [-0.25, -0.2) is 15.0 Å². The fraction of sp³-hybridized carbons (Fsp3) is 0. The van der Waals surface area contributed by atoms with Crippen LogP contribution in [0.15, 0.2) is 231 Å². The molecule has 14 aromatic rings. The number of aromatic nitrogens is 5. The van der Waals surface area contributed by atoms with Crippen LogP contribution in [0.4, 0.5) is 0 Å². The Balaban J connectivity index is 0.957. The molecule has 0 radical (unpaired) electrons. The molecule has 0 aliphatic carbocycles.